The van der Waals surface area contributed by atoms with Crippen LogP contribution in [0.25, 0.3) is 0 Å². The molecule has 1 saturated heterocycles. The van der Waals surface area contributed by atoms with Crippen LogP contribution < -0.4 is 0 Å². The van der Waals surface area contributed by atoms with E-state index in [1.807, 2.05) is 0 Å². The molecule has 0 radical (unpaired) electrons. The monoisotopic (exact) mass is 252 g/mol. The van der Waals surface area contributed by atoms with Gasteiger partial charge >= 0.3 is 11.9 Å². The first-order chi connectivity index (χ1) is 8.59. The molecule has 2 rings (SSSR count). The Morgan fingerprint density at radius 1 is 1.28 bits per heavy atom. The second kappa shape index (κ2) is 5.16. The number of benzene rings is 1. The zero-order valence-electron chi connectivity index (χ0n) is 9.35. The van der Waals surface area contributed by atoms with Gasteiger partial charge in [0.25, 0.3) is 0 Å². The molecule has 0 spiro atoms. The highest BCUT2D eigenvalue weighted by molar-refractivity contribution is 5.89. The maximum absolute atomic E-state index is 11.7. The number of hydrogen-bond donors (Lipinski definition) is 2. The Balaban J connectivity index is 2.08. The lowest BCUT2D eigenvalue weighted by molar-refractivity contribution is -0.151. The second-order valence-electron chi connectivity index (χ2n) is 3.90. The van der Waals surface area contributed by atoms with Crippen LogP contribution in [0.4, 0.5) is 0 Å². The van der Waals surface area contributed by atoms with Crippen LogP contribution in [0.15, 0.2) is 30.3 Å². The van der Waals surface area contributed by atoms with Crippen molar-refractivity contribution in [3.63, 3.8) is 0 Å². The van der Waals surface area contributed by atoms with Crippen molar-refractivity contribution in [2.24, 2.45) is 0 Å². The molecule has 0 amide bonds. The lowest BCUT2D eigenvalue weighted by Crippen LogP contribution is -2.39. The zero-order chi connectivity index (χ0) is 13.1. The van der Waals surface area contributed by atoms with Crippen LogP contribution in [-0.4, -0.2) is 47.1 Å². The van der Waals surface area contributed by atoms with E-state index in [1.54, 1.807) is 30.3 Å². The Kier molecular flexibility index (Phi) is 3.59. The van der Waals surface area contributed by atoms with Gasteiger partial charge in [0, 0.05) is 0 Å². The van der Waals surface area contributed by atoms with E-state index in [0.29, 0.717) is 5.56 Å². The van der Waals surface area contributed by atoms with E-state index in [0.717, 1.165) is 0 Å². The molecular weight excluding hydrogens is 240 g/mol. The van der Waals surface area contributed by atoms with Crippen molar-refractivity contribution in [2.75, 3.05) is 6.61 Å². The highest BCUT2D eigenvalue weighted by Crippen LogP contribution is 2.19. The van der Waals surface area contributed by atoms with E-state index < -0.39 is 30.3 Å². The van der Waals surface area contributed by atoms with Crippen LogP contribution in [-0.2, 0) is 14.3 Å². The number of carbonyl (C=O) groups is 2. The number of ether oxygens (including phenoxy) is 2. The first kappa shape index (κ1) is 12.5. The van der Waals surface area contributed by atoms with E-state index in [2.05, 4.69) is 0 Å². The summed E-state index contributed by atoms with van der Waals surface area (Å²) in [4.78, 5) is 22.6. The summed E-state index contributed by atoms with van der Waals surface area (Å²) >= 11 is 0. The molecule has 2 N–H and O–H groups in total. The van der Waals surface area contributed by atoms with Gasteiger partial charge in [-0.1, -0.05) is 18.2 Å². The number of aliphatic hydroxyl groups is 1. The van der Waals surface area contributed by atoms with Gasteiger partial charge in [-0.3, -0.25) is 0 Å². The Morgan fingerprint density at radius 3 is 2.56 bits per heavy atom. The summed E-state index contributed by atoms with van der Waals surface area (Å²) in [6.45, 7) is -0.163. The third-order valence-electron chi connectivity index (χ3n) is 2.62. The molecule has 1 aliphatic rings. The number of carboxylic acid groups (broad SMARTS) is 1. The van der Waals surface area contributed by atoms with Crippen molar-refractivity contribution in [1.82, 2.24) is 0 Å². The minimum Gasteiger partial charge on any atom is -0.479 e. The number of carbonyl (C=O) groups excluding carboxylic acids is 1. The molecule has 0 unspecified atom stereocenters. The molecule has 96 valence electrons. The SMILES string of the molecule is O=C(O[C@@H]1[C@H](O)CO[C@H]1C(=O)O)c1ccccc1. The number of aliphatic carboxylic acids is 1. The van der Waals surface area contributed by atoms with E-state index in [1.165, 1.54) is 0 Å². The molecule has 1 aromatic rings. The third-order valence-corrected chi connectivity index (χ3v) is 2.62. The lowest BCUT2D eigenvalue weighted by atomic mass is 10.1. The molecule has 18 heavy (non-hydrogen) atoms. The molecule has 6 nitrogen and oxygen atoms in total. The van der Waals surface area contributed by atoms with Crippen LogP contribution in [0, 0.1) is 0 Å². The minimum absolute atomic E-state index is 0.163. The average molecular weight is 252 g/mol. The normalized spacial score (nSPS) is 26.8. The first-order valence-electron chi connectivity index (χ1n) is 5.38. The molecule has 1 aliphatic heterocycles. The van der Waals surface area contributed by atoms with Crippen LogP contribution >= 0.6 is 0 Å². The second-order valence-corrected chi connectivity index (χ2v) is 3.90. The fraction of sp³-hybridized carbons (Fsp3) is 0.333. The molecule has 1 heterocycles. The number of carboxylic acids is 1. The van der Waals surface area contributed by atoms with Crippen LogP contribution in [0.2, 0.25) is 0 Å². The summed E-state index contributed by atoms with van der Waals surface area (Å²) in [7, 11) is 0. The fourth-order valence-electron chi connectivity index (χ4n) is 1.71. The number of hydrogen-bond acceptors (Lipinski definition) is 5. The largest absolute Gasteiger partial charge is 0.479 e. The van der Waals surface area contributed by atoms with E-state index >= 15 is 0 Å². The van der Waals surface area contributed by atoms with Gasteiger partial charge < -0.3 is 19.7 Å². The van der Waals surface area contributed by atoms with Crippen LogP contribution in [0.3, 0.4) is 0 Å². The highest BCUT2D eigenvalue weighted by atomic mass is 16.6. The predicted octanol–water partition coefficient (Wildman–Crippen LogP) is 0.0563. The third kappa shape index (κ3) is 2.49. The fourth-order valence-corrected chi connectivity index (χ4v) is 1.71. The smallest absolute Gasteiger partial charge is 0.338 e. The average Bonchev–Trinajstić information content (AvgIpc) is 2.72. The van der Waals surface area contributed by atoms with Crippen molar-refractivity contribution in [2.45, 2.75) is 18.3 Å². The zero-order valence-corrected chi connectivity index (χ0v) is 9.35. The summed E-state index contributed by atoms with van der Waals surface area (Å²) < 4.78 is 9.84. The van der Waals surface area contributed by atoms with Gasteiger partial charge in [0.05, 0.1) is 12.2 Å². The van der Waals surface area contributed by atoms with Crippen LogP contribution in [0.1, 0.15) is 10.4 Å². The van der Waals surface area contributed by atoms with Gasteiger partial charge in [-0.2, -0.15) is 0 Å². The Morgan fingerprint density at radius 2 is 1.94 bits per heavy atom. The molecule has 0 aromatic heterocycles. The van der Waals surface area contributed by atoms with Gasteiger partial charge in [0.2, 0.25) is 0 Å². The summed E-state index contributed by atoms with van der Waals surface area (Å²) in [6, 6.07) is 8.14. The van der Waals surface area contributed by atoms with Crippen molar-refractivity contribution >= 4 is 11.9 Å². The van der Waals surface area contributed by atoms with Gasteiger partial charge in [-0.25, -0.2) is 9.59 Å². The number of esters is 1. The van der Waals surface area contributed by atoms with Gasteiger partial charge in [0.15, 0.2) is 12.2 Å². The molecule has 0 bridgehead atoms. The Hall–Kier alpha value is -1.92. The topological polar surface area (TPSA) is 93.1 Å². The Bertz CT molecular complexity index is 443. The van der Waals surface area contributed by atoms with Gasteiger partial charge in [-0.15, -0.1) is 0 Å². The van der Waals surface area contributed by atoms with E-state index in [4.69, 9.17) is 14.6 Å². The van der Waals surface area contributed by atoms with Gasteiger partial charge in [-0.05, 0) is 12.1 Å². The Labute approximate surface area is 103 Å². The summed E-state index contributed by atoms with van der Waals surface area (Å²) in [5.41, 5.74) is 0.292. The molecule has 1 fully saturated rings. The molecule has 0 saturated carbocycles. The lowest BCUT2D eigenvalue weighted by Gasteiger charge is -2.17. The van der Waals surface area contributed by atoms with Crippen molar-refractivity contribution in [3.8, 4) is 0 Å². The van der Waals surface area contributed by atoms with Gasteiger partial charge in [0.1, 0.15) is 6.10 Å². The first-order valence-corrected chi connectivity index (χ1v) is 5.38. The maximum Gasteiger partial charge on any atom is 0.338 e. The summed E-state index contributed by atoms with van der Waals surface area (Å²) in [6.07, 6.45) is -3.64. The van der Waals surface area contributed by atoms with Crippen LogP contribution in [0.5, 0.6) is 0 Å². The molecular formula is C12H12O6. The number of aliphatic hydroxyl groups excluding tert-OH is 1. The van der Waals surface area contributed by atoms with Crippen molar-refractivity contribution in [3.05, 3.63) is 35.9 Å². The molecule has 6 heteroatoms. The predicted molar refractivity (Wildman–Crippen MR) is 59.0 cm³/mol. The minimum atomic E-state index is -1.33. The highest BCUT2D eigenvalue weighted by Gasteiger charge is 2.43. The summed E-state index contributed by atoms with van der Waals surface area (Å²) in [5, 5.41) is 18.4. The van der Waals surface area contributed by atoms with E-state index in [-0.39, 0.29) is 6.61 Å². The number of rotatable bonds is 3. The quantitative estimate of drug-likeness (QED) is 0.739. The summed E-state index contributed by atoms with van der Waals surface area (Å²) in [5.74, 6) is -1.95. The van der Waals surface area contributed by atoms with Crippen molar-refractivity contribution in [1.29, 1.82) is 0 Å². The maximum atomic E-state index is 11.7. The standard InChI is InChI=1S/C12H12O6/c13-8-6-17-10(11(14)15)9(8)18-12(16)7-4-2-1-3-5-7/h1-5,8-10,13H,6H2,(H,14,15)/t8-,9-,10-/m1/s1. The molecule has 0 aliphatic carbocycles. The molecule has 1 aromatic carbocycles. The van der Waals surface area contributed by atoms with Crippen molar-refractivity contribution < 1.29 is 29.3 Å². The van der Waals surface area contributed by atoms with E-state index in [9.17, 15) is 14.7 Å². The molecule has 3 atom stereocenters.